The summed E-state index contributed by atoms with van der Waals surface area (Å²) in [6.45, 7) is 0.520. The van der Waals surface area contributed by atoms with Crippen molar-refractivity contribution >= 4 is 33.2 Å². The fourth-order valence-electron chi connectivity index (χ4n) is 3.83. The number of carbonyl (C=O) groups is 2. The second-order valence-electron chi connectivity index (χ2n) is 7.85. The summed E-state index contributed by atoms with van der Waals surface area (Å²) in [6.07, 6.45) is 1.60. The van der Waals surface area contributed by atoms with Gasteiger partial charge in [-0.25, -0.2) is 8.42 Å². The quantitative estimate of drug-likeness (QED) is 0.469. The van der Waals surface area contributed by atoms with Crippen LogP contribution in [0.1, 0.15) is 39.7 Å². The van der Waals surface area contributed by atoms with Gasteiger partial charge in [0.15, 0.2) is 6.61 Å². The zero-order valence-electron chi connectivity index (χ0n) is 18.3. The van der Waals surface area contributed by atoms with Gasteiger partial charge in [0.05, 0.1) is 16.5 Å². The van der Waals surface area contributed by atoms with Gasteiger partial charge < -0.3 is 15.8 Å². The van der Waals surface area contributed by atoms with Crippen LogP contribution in [0.3, 0.4) is 0 Å². The molecular formula is C24H25N3O5S2. The van der Waals surface area contributed by atoms with Gasteiger partial charge in [-0.1, -0.05) is 36.4 Å². The molecule has 2 amide bonds. The number of benzene rings is 2. The van der Waals surface area contributed by atoms with Crippen LogP contribution in [0, 0.1) is 0 Å². The number of primary amides is 1. The fourth-order valence-corrected chi connectivity index (χ4v) is 6.18. The maximum Gasteiger partial charge on any atom is 0.258 e. The van der Waals surface area contributed by atoms with E-state index in [2.05, 4.69) is 5.32 Å². The number of sulfonamides is 1. The van der Waals surface area contributed by atoms with Crippen LogP contribution in [-0.2, 0) is 14.8 Å². The molecule has 1 aromatic heterocycles. The standard InChI is InChI=1S/C24H25N3O5S2/c25-24(29)19-15-18(34(30,31)27-12-4-5-13-27)10-11-20(19)32-16-22(28)26-23(21-9-6-14-33-21)17-7-2-1-3-8-17/h1-3,6-11,14-15,23H,4-5,12-13,16H2,(H2,25,29)(H,26,28)/t23-/m1/s1. The van der Waals surface area contributed by atoms with E-state index < -0.39 is 21.8 Å². The van der Waals surface area contributed by atoms with E-state index in [-0.39, 0.29) is 28.9 Å². The van der Waals surface area contributed by atoms with Crippen LogP contribution in [0.25, 0.3) is 0 Å². The molecule has 8 nitrogen and oxygen atoms in total. The van der Waals surface area contributed by atoms with Crippen LogP contribution in [0.4, 0.5) is 0 Å². The Morgan fingerprint density at radius 1 is 1.06 bits per heavy atom. The predicted molar refractivity (Wildman–Crippen MR) is 129 cm³/mol. The van der Waals surface area contributed by atoms with Crippen molar-refractivity contribution in [2.75, 3.05) is 19.7 Å². The highest BCUT2D eigenvalue weighted by molar-refractivity contribution is 7.89. The van der Waals surface area contributed by atoms with Crippen LogP contribution in [0.15, 0.2) is 70.9 Å². The number of nitrogens with zero attached hydrogens (tertiary/aromatic N) is 1. The lowest BCUT2D eigenvalue weighted by atomic mass is 10.1. The summed E-state index contributed by atoms with van der Waals surface area (Å²) in [5.74, 6) is -1.18. The molecule has 0 radical (unpaired) electrons. The van der Waals surface area contributed by atoms with E-state index in [1.54, 1.807) is 0 Å². The molecule has 0 saturated carbocycles. The second kappa shape index (κ2) is 10.4. The van der Waals surface area contributed by atoms with Gasteiger partial charge in [-0.05, 0) is 48.1 Å². The molecule has 1 fully saturated rings. The van der Waals surface area contributed by atoms with Crippen molar-refractivity contribution in [3.8, 4) is 5.75 Å². The lowest BCUT2D eigenvalue weighted by Gasteiger charge is -2.19. The molecular weight excluding hydrogens is 474 g/mol. The number of nitrogens with two attached hydrogens (primary N) is 1. The Morgan fingerprint density at radius 3 is 2.44 bits per heavy atom. The topological polar surface area (TPSA) is 119 Å². The first-order valence-electron chi connectivity index (χ1n) is 10.8. The molecule has 3 N–H and O–H groups in total. The Morgan fingerprint density at radius 2 is 1.79 bits per heavy atom. The average Bonchev–Trinajstić information content (AvgIpc) is 3.56. The van der Waals surface area contributed by atoms with Gasteiger partial charge in [0, 0.05) is 18.0 Å². The molecule has 10 heteroatoms. The molecule has 0 aliphatic carbocycles. The summed E-state index contributed by atoms with van der Waals surface area (Å²) in [6, 6.07) is 17.0. The third-order valence-corrected chi connectivity index (χ3v) is 8.38. The Balaban J connectivity index is 1.49. The summed E-state index contributed by atoms with van der Waals surface area (Å²) in [5, 5.41) is 4.89. The van der Waals surface area contributed by atoms with Gasteiger partial charge in [-0.3, -0.25) is 9.59 Å². The Labute approximate surface area is 202 Å². The molecule has 178 valence electrons. The Hall–Kier alpha value is -3.21. The third-order valence-electron chi connectivity index (χ3n) is 5.54. The molecule has 34 heavy (non-hydrogen) atoms. The minimum Gasteiger partial charge on any atom is -0.483 e. The van der Waals surface area contributed by atoms with E-state index in [0.717, 1.165) is 23.3 Å². The molecule has 1 saturated heterocycles. The van der Waals surface area contributed by atoms with E-state index >= 15 is 0 Å². The van der Waals surface area contributed by atoms with Crippen LogP contribution < -0.4 is 15.8 Å². The van der Waals surface area contributed by atoms with Crippen LogP contribution in [-0.4, -0.2) is 44.2 Å². The maximum atomic E-state index is 12.8. The normalized spacial score (nSPS) is 15.1. The second-order valence-corrected chi connectivity index (χ2v) is 10.8. The van der Waals surface area contributed by atoms with Gasteiger partial charge >= 0.3 is 0 Å². The van der Waals surface area contributed by atoms with E-state index in [1.165, 1.54) is 33.8 Å². The lowest BCUT2D eigenvalue weighted by Crippen LogP contribution is -2.33. The molecule has 2 heterocycles. The van der Waals surface area contributed by atoms with Crippen molar-refractivity contribution in [1.29, 1.82) is 0 Å². The van der Waals surface area contributed by atoms with E-state index in [1.807, 2.05) is 47.8 Å². The zero-order valence-corrected chi connectivity index (χ0v) is 20.0. The molecule has 1 aliphatic heterocycles. The molecule has 0 unspecified atom stereocenters. The van der Waals surface area contributed by atoms with Crippen LogP contribution in [0.5, 0.6) is 5.75 Å². The highest BCUT2D eigenvalue weighted by Crippen LogP contribution is 2.28. The first-order chi connectivity index (χ1) is 16.4. The lowest BCUT2D eigenvalue weighted by molar-refractivity contribution is -0.123. The monoisotopic (exact) mass is 499 g/mol. The molecule has 0 bridgehead atoms. The highest BCUT2D eigenvalue weighted by atomic mass is 32.2. The van der Waals surface area contributed by atoms with Crippen molar-refractivity contribution in [3.05, 3.63) is 82.0 Å². The van der Waals surface area contributed by atoms with Gasteiger partial charge in [0.1, 0.15) is 5.75 Å². The smallest absolute Gasteiger partial charge is 0.258 e. The van der Waals surface area contributed by atoms with Crippen molar-refractivity contribution < 1.29 is 22.7 Å². The van der Waals surface area contributed by atoms with Gasteiger partial charge in [0.25, 0.3) is 11.8 Å². The number of hydrogen-bond donors (Lipinski definition) is 2. The summed E-state index contributed by atoms with van der Waals surface area (Å²) in [4.78, 5) is 25.7. The molecule has 1 atom stereocenters. The largest absolute Gasteiger partial charge is 0.483 e. The van der Waals surface area contributed by atoms with Crippen molar-refractivity contribution in [2.24, 2.45) is 5.73 Å². The molecule has 2 aromatic carbocycles. The Bertz CT molecular complexity index is 1260. The Kier molecular flexibility index (Phi) is 7.30. The number of hydrogen-bond acceptors (Lipinski definition) is 6. The number of carbonyl (C=O) groups excluding carboxylic acids is 2. The number of amides is 2. The molecule has 1 aliphatic rings. The number of thiophene rings is 1. The van der Waals surface area contributed by atoms with Crippen molar-refractivity contribution in [3.63, 3.8) is 0 Å². The van der Waals surface area contributed by atoms with Crippen molar-refractivity contribution in [1.82, 2.24) is 9.62 Å². The van der Waals surface area contributed by atoms with Crippen LogP contribution in [0.2, 0.25) is 0 Å². The minimum atomic E-state index is -3.72. The molecule has 4 rings (SSSR count). The van der Waals surface area contributed by atoms with Gasteiger partial charge in [-0.15, -0.1) is 11.3 Å². The summed E-state index contributed by atoms with van der Waals surface area (Å²) in [5.41, 5.74) is 6.31. The first-order valence-corrected chi connectivity index (χ1v) is 13.1. The number of nitrogens with one attached hydrogen (secondary N) is 1. The van der Waals surface area contributed by atoms with E-state index in [0.29, 0.717) is 13.1 Å². The summed E-state index contributed by atoms with van der Waals surface area (Å²) in [7, 11) is -3.72. The summed E-state index contributed by atoms with van der Waals surface area (Å²) >= 11 is 1.53. The number of ether oxygens (including phenoxy) is 1. The zero-order chi connectivity index (χ0) is 24.1. The van der Waals surface area contributed by atoms with E-state index in [9.17, 15) is 18.0 Å². The minimum absolute atomic E-state index is 0.0261. The number of rotatable bonds is 9. The maximum absolute atomic E-state index is 12.8. The average molecular weight is 500 g/mol. The van der Waals surface area contributed by atoms with Gasteiger partial charge in [0.2, 0.25) is 10.0 Å². The predicted octanol–water partition coefficient (Wildman–Crippen LogP) is 2.92. The molecule has 3 aromatic rings. The van der Waals surface area contributed by atoms with Gasteiger partial charge in [-0.2, -0.15) is 4.31 Å². The summed E-state index contributed by atoms with van der Waals surface area (Å²) < 4.78 is 32.6. The third kappa shape index (κ3) is 5.30. The first kappa shape index (κ1) is 23.9. The highest BCUT2D eigenvalue weighted by Gasteiger charge is 2.28. The van der Waals surface area contributed by atoms with Crippen molar-refractivity contribution in [2.45, 2.75) is 23.8 Å². The van der Waals surface area contributed by atoms with Crippen LogP contribution >= 0.6 is 11.3 Å². The fraction of sp³-hybridized carbons (Fsp3) is 0.250. The molecule has 0 spiro atoms. The van der Waals surface area contributed by atoms with E-state index in [4.69, 9.17) is 10.5 Å². The SMILES string of the molecule is NC(=O)c1cc(S(=O)(=O)N2CCCC2)ccc1OCC(=O)N[C@H](c1ccccc1)c1cccs1.